The van der Waals surface area contributed by atoms with Gasteiger partial charge >= 0.3 is 0 Å². The Bertz CT molecular complexity index is 1100. The number of carbonyl (C=O) groups excluding carboxylic acids is 1. The fraction of sp³-hybridized carbons (Fsp3) is 0.208. The van der Waals surface area contributed by atoms with Crippen LogP contribution >= 0.6 is 0 Å². The van der Waals surface area contributed by atoms with Gasteiger partial charge in [0.1, 0.15) is 11.8 Å². The molecule has 2 heterocycles. The Morgan fingerprint density at radius 1 is 0.931 bits per heavy atom. The fourth-order valence-corrected chi connectivity index (χ4v) is 3.30. The maximum absolute atomic E-state index is 12.2. The zero-order chi connectivity index (χ0) is 20.1. The first-order valence-electron chi connectivity index (χ1n) is 9.95. The van der Waals surface area contributed by atoms with Crippen molar-refractivity contribution in [3.8, 4) is 5.69 Å². The number of aryl methyl sites for hydroxylation is 2. The summed E-state index contributed by atoms with van der Waals surface area (Å²) in [5.74, 6) is 0.0680. The molecule has 2 aromatic carbocycles. The SMILES string of the molecule is CCc1ccc(CNC(=O)CCc2ccc(-n3cnc4cccnc43)cc2)cc1. The highest BCUT2D eigenvalue weighted by Crippen LogP contribution is 2.17. The Labute approximate surface area is 170 Å². The lowest BCUT2D eigenvalue weighted by atomic mass is 10.1. The van der Waals surface area contributed by atoms with Gasteiger partial charge in [0.2, 0.25) is 5.91 Å². The number of hydrogen-bond acceptors (Lipinski definition) is 3. The van der Waals surface area contributed by atoms with Crippen molar-refractivity contribution in [2.45, 2.75) is 32.7 Å². The van der Waals surface area contributed by atoms with Crippen molar-refractivity contribution in [1.29, 1.82) is 0 Å². The van der Waals surface area contributed by atoms with E-state index < -0.39 is 0 Å². The van der Waals surface area contributed by atoms with E-state index >= 15 is 0 Å². The van der Waals surface area contributed by atoms with Gasteiger partial charge in [0.25, 0.3) is 0 Å². The van der Waals surface area contributed by atoms with Crippen LogP contribution in [0.2, 0.25) is 0 Å². The van der Waals surface area contributed by atoms with E-state index in [0.717, 1.165) is 34.4 Å². The molecule has 0 radical (unpaired) electrons. The molecule has 0 fully saturated rings. The third-order valence-corrected chi connectivity index (χ3v) is 5.08. The van der Waals surface area contributed by atoms with Gasteiger partial charge in [-0.2, -0.15) is 0 Å². The standard InChI is InChI=1S/C24H24N4O/c1-2-18-5-7-20(8-6-18)16-26-23(29)14-11-19-9-12-21(13-10-19)28-17-27-22-4-3-15-25-24(22)28/h3-10,12-13,15,17H,2,11,14,16H2,1H3,(H,26,29). The van der Waals surface area contributed by atoms with E-state index in [2.05, 4.69) is 58.6 Å². The lowest BCUT2D eigenvalue weighted by Gasteiger charge is -2.08. The highest BCUT2D eigenvalue weighted by molar-refractivity contribution is 5.76. The average Bonchev–Trinajstić information content (AvgIpc) is 3.21. The minimum absolute atomic E-state index is 0.0680. The molecule has 0 aliphatic rings. The predicted molar refractivity (Wildman–Crippen MR) is 115 cm³/mol. The molecule has 29 heavy (non-hydrogen) atoms. The number of fused-ring (bicyclic) bond motifs is 1. The van der Waals surface area contributed by atoms with Gasteiger partial charge in [-0.15, -0.1) is 0 Å². The van der Waals surface area contributed by atoms with Gasteiger partial charge in [-0.3, -0.25) is 9.36 Å². The molecule has 5 nitrogen and oxygen atoms in total. The number of amides is 1. The third-order valence-electron chi connectivity index (χ3n) is 5.08. The van der Waals surface area contributed by atoms with Crippen LogP contribution in [0.1, 0.15) is 30.0 Å². The van der Waals surface area contributed by atoms with Crippen molar-refractivity contribution in [3.63, 3.8) is 0 Å². The van der Waals surface area contributed by atoms with E-state index in [1.165, 1.54) is 5.56 Å². The van der Waals surface area contributed by atoms with Crippen LogP contribution in [0.15, 0.2) is 73.2 Å². The minimum Gasteiger partial charge on any atom is -0.352 e. The van der Waals surface area contributed by atoms with Crippen molar-refractivity contribution < 1.29 is 4.79 Å². The van der Waals surface area contributed by atoms with Crippen LogP contribution in [0.4, 0.5) is 0 Å². The van der Waals surface area contributed by atoms with E-state index in [0.29, 0.717) is 19.4 Å². The minimum atomic E-state index is 0.0680. The molecule has 0 atom stereocenters. The molecular weight excluding hydrogens is 360 g/mol. The van der Waals surface area contributed by atoms with Crippen molar-refractivity contribution in [1.82, 2.24) is 19.9 Å². The number of nitrogens with zero attached hydrogens (tertiary/aromatic N) is 3. The van der Waals surface area contributed by atoms with E-state index in [1.807, 2.05) is 28.8 Å². The molecule has 0 bridgehead atoms. The summed E-state index contributed by atoms with van der Waals surface area (Å²) in [7, 11) is 0. The van der Waals surface area contributed by atoms with Crippen molar-refractivity contribution in [3.05, 3.63) is 89.9 Å². The first kappa shape index (κ1) is 18.9. The Morgan fingerprint density at radius 2 is 1.66 bits per heavy atom. The largest absolute Gasteiger partial charge is 0.352 e. The Morgan fingerprint density at radius 3 is 2.41 bits per heavy atom. The second kappa shape index (κ2) is 8.69. The summed E-state index contributed by atoms with van der Waals surface area (Å²) < 4.78 is 1.97. The molecule has 0 saturated carbocycles. The van der Waals surface area contributed by atoms with Gasteiger partial charge in [-0.25, -0.2) is 9.97 Å². The van der Waals surface area contributed by atoms with Crippen LogP contribution in [0.3, 0.4) is 0 Å². The number of pyridine rings is 1. The number of benzene rings is 2. The fourth-order valence-electron chi connectivity index (χ4n) is 3.30. The molecular formula is C24H24N4O. The molecule has 1 amide bonds. The lowest BCUT2D eigenvalue weighted by molar-refractivity contribution is -0.121. The van der Waals surface area contributed by atoms with Gasteiger partial charge in [-0.1, -0.05) is 43.3 Å². The second-order valence-electron chi connectivity index (χ2n) is 7.07. The highest BCUT2D eigenvalue weighted by atomic mass is 16.1. The number of carbonyl (C=O) groups is 1. The molecule has 0 unspecified atom stereocenters. The smallest absolute Gasteiger partial charge is 0.220 e. The lowest BCUT2D eigenvalue weighted by Crippen LogP contribution is -2.22. The van der Waals surface area contributed by atoms with E-state index in [9.17, 15) is 4.79 Å². The summed E-state index contributed by atoms with van der Waals surface area (Å²) >= 11 is 0. The van der Waals surface area contributed by atoms with Gasteiger partial charge in [0, 0.05) is 24.8 Å². The zero-order valence-electron chi connectivity index (χ0n) is 16.5. The molecule has 5 heteroatoms. The Balaban J connectivity index is 1.31. The van der Waals surface area contributed by atoms with Crippen LogP contribution in [0.5, 0.6) is 0 Å². The van der Waals surface area contributed by atoms with Gasteiger partial charge in [-0.05, 0) is 53.8 Å². The van der Waals surface area contributed by atoms with E-state index in [-0.39, 0.29) is 5.91 Å². The molecule has 4 aromatic rings. The number of hydrogen-bond donors (Lipinski definition) is 1. The second-order valence-corrected chi connectivity index (χ2v) is 7.07. The molecule has 0 saturated heterocycles. The van der Waals surface area contributed by atoms with Crippen molar-refractivity contribution >= 4 is 17.1 Å². The zero-order valence-corrected chi connectivity index (χ0v) is 16.5. The summed E-state index contributed by atoms with van der Waals surface area (Å²) in [4.78, 5) is 21.0. The predicted octanol–water partition coefficient (Wildman–Crippen LogP) is 4.23. The summed E-state index contributed by atoms with van der Waals surface area (Å²) in [5, 5.41) is 3.00. The maximum Gasteiger partial charge on any atom is 0.220 e. The molecule has 4 rings (SSSR count). The van der Waals surface area contributed by atoms with Crippen LogP contribution in [0.25, 0.3) is 16.9 Å². The van der Waals surface area contributed by atoms with Crippen LogP contribution in [-0.4, -0.2) is 20.4 Å². The van der Waals surface area contributed by atoms with E-state index in [1.54, 1.807) is 12.5 Å². The maximum atomic E-state index is 12.2. The first-order chi connectivity index (χ1) is 14.2. The third kappa shape index (κ3) is 4.51. The molecule has 0 spiro atoms. The molecule has 0 aliphatic carbocycles. The molecule has 1 N–H and O–H groups in total. The highest BCUT2D eigenvalue weighted by Gasteiger charge is 2.06. The first-order valence-corrected chi connectivity index (χ1v) is 9.95. The number of nitrogens with one attached hydrogen (secondary N) is 1. The normalized spacial score (nSPS) is 10.9. The molecule has 0 aliphatic heterocycles. The van der Waals surface area contributed by atoms with Gasteiger partial charge in [0.05, 0.1) is 0 Å². The van der Waals surface area contributed by atoms with Crippen LogP contribution < -0.4 is 5.32 Å². The molecule has 2 aromatic heterocycles. The van der Waals surface area contributed by atoms with Crippen molar-refractivity contribution in [2.75, 3.05) is 0 Å². The molecule has 146 valence electrons. The number of aromatic nitrogens is 3. The van der Waals surface area contributed by atoms with Crippen LogP contribution in [0, 0.1) is 0 Å². The summed E-state index contributed by atoms with van der Waals surface area (Å²) in [5.41, 5.74) is 6.29. The van der Waals surface area contributed by atoms with Gasteiger partial charge < -0.3 is 5.32 Å². The topological polar surface area (TPSA) is 59.8 Å². The Hall–Kier alpha value is -3.47. The monoisotopic (exact) mass is 384 g/mol. The van der Waals surface area contributed by atoms with E-state index in [4.69, 9.17) is 0 Å². The quantitative estimate of drug-likeness (QED) is 0.519. The summed E-state index contributed by atoms with van der Waals surface area (Å²) in [6.45, 7) is 2.71. The van der Waals surface area contributed by atoms with Crippen LogP contribution in [-0.2, 0) is 24.2 Å². The number of rotatable bonds is 7. The summed E-state index contributed by atoms with van der Waals surface area (Å²) in [6.07, 6.45) is 5.77. The van der Waals surface area contributed by atoms with Gasteiger partial charge in [0.15, 0.2) is 5.65 Å². The number of imidazole rings is 1. The van der Waals surface area contributed by atoms with Crippen molar-refractivity contribution in [2.24, 2.45) is 0 Å². The average molecular weight is 384 g/mol. The summed E-state index contributed by atoms with van der Waals surface area (Å²) in [6, 6.07) is 20.4. The Kier molecular flexibility index (Phi) is 5.66.